The van der Waals surface area contributed by atoms with Gasteiger partial charge in [0.25, 0.3) is 0 Å². The molecule has 1 rings (SSSR count). The summed E-state index contributed by atoms with van der Waals surface area (Å²) in [6.07, 6.45) is 2.92. The first-order valence-electron chi connectivity index (χ1n) is 5.97. The van der Waals surface area contributed by atoms with Gasteiger partial charge in [-0.15, -0.1) is 0 Å². The van der Waals surface area contributed by atoms with Crippen molar-refractivity contribution in [1.82, 2.24) is 0 Å². The van der Waals surface area contributed by atoms with Crippen molar-refractivity contribution in [3.8, 4) is 0 Å². The van der Waals surface area contributed by atoms with Crippen molar-refractivity contribution in [2.45, 2.75) is 44.8 Å². The zero-order valence-electron chi connectivity index (χ0n) is 10.6. The van der Waals surface area contributed by atoms with Gasteiger partial charge < -0.3 is 10.5 Å². The van der Waals surface area contributed by atoms with Crippen LogP contribution in [0.4, 0.5) is 0 Å². The highest BCUT2D eigenvalue weighted by Gasteiger charge is 2.28. The second-order valence-corrected chi connectivity index (χ2v) is 4.50. The lowest BCUT2D eigenvalue weighted by atomic mass is 9.89. The van der Waals surface area contributed by atoms with E-state index < -0.39 is 0 Å². The minimum atomic E-state index is -0.200. The topological polar surface area (TPSA) is 35.2 Å². The van der Waals surface area contributed by atoms with Crippen LogP contribution in [0.2, 0.25) is 0 Å². The zero-order chi connectivity index (χ0) is 12.0. The minimum Gasteiger partial charge on any atom is -0.377 e. The summed E-state index contributed by atoms with van der Waals surface area (Å²) in [5, 5.41) is 0. The average molecular weight is 221 g/mol. The molecule has 0 aromatic heterocycles. The predicted molar refractivity (Wildman–Crippen MR) is 68.4 cm³/mol. The Kier molecular flexibility index (Phi) is 4.97. The molecular weight excluding hydrogens is 198 g/mol. The number of benzene rings is 1. The van der Waals surface area contributed by atoms with Gasteiger partial charge in [-0.1, -0.05) is 37.3 Å². The van der Waals surface area contributed by atoms with Crippen LogP contribution >= 0.6 is 0 Å². The van der Waals surface area contributed by atoms with E-state index in [4.69, 9.17) is 10.5 Å². The minimum absolute atomic E-state index is 0.0858. The molecule has 2 N–H and O–H groups in total. The average Bonchev–Trinajstić information content (AvgIpc) is 2.36. The van der Waals surface area contributed by atoms with E-state index in [1.54, 1.807) is 7.11 Å². The quantitative estimate of drug-likeness (QED) is 0.801. The van der Waals surface area contributed by atoms with E-state index in [2.05, 4.69) is 38.1 Å². The first-order chi connectivity index (χ1) is 7.62. The molecule has 2 atom stereocenters. The van der Waals surface area contributed by atoms with Crippen LogP contribution in [0.1, 0.15) is 32.3 Å². The summed E-state index contributed by atoms with van der Waals surface area (Å²) in [4.78, 5) is 0. The molecule has 0 saturated carbocycles. The van der Waals surface area contributed by atoms with E-state index in [0.717, 1.165) is 19.3 Å². The van der Waals surface area contributed by atoms with Gasteiger partial charge in [0, 0.05) is 13.2 Å². The van der Waals surface area contributed by atoms with E-state index in [1.807, 2.05) is 6.07 Å². The van der Waals surface area contributed by atoms with Crippen molar-refractivity contribution in [1.29, 1.82) is 0 Å². The van der Waals surface area contributed by atoms with Gasteiger partial charge in [0.2, 0.25) is 0 Å². The van der Waals surface area contributed by atoms with Gasteiger partial charge in [0.05, 0.1) is 5.60 Å². The van der Waals surface area contributed by atoms with Crippen LogP contribution in [0.15, 0.2) is 30.3 Å². The smallest absolute Gasteiger partial charge is 0.0798 e. The molecule has 0 bridgehead atoms. The fraction of sp³-hybridized carbons (Fsp3) is 0.571. The molecule has 2 heteroatoms. The Morgan fingerprint density at radius 2 is 1.94 bits per heavy atom. The lowest BCUT2D eigenvalue weighted by Gasteiger charge is -2.33. The highest BCUT2D eigenvalue weighted by molar-refractivity contribution is 5.15. The van der Waals surface area contributed by atoms with E-state index in [1.165, 1.54) is 5.56 Å². The molecule has 0 amide bonds. The van der Waals surface area contributed by atoms with Gasteiger partial charge in [-0.25, -0.2) is 0 Å². The summed E-state index contributed by atoms with van der Waals surface area (Å²) in [5.74, 6) is 0. The van der Waals surface area contributed by atoms with Gasteiger partial charge >= 0.3 is 0 Å². The monoisotopic (exact) mass is 221 g/mol. The normalized spacial score (nSPS) is 16.8. The van der Waals surface area contributed by atoms with Crippen LogP contribution in [-0.2, 0) is 11.2 Å². The molecule has 16 heavy (non-hydrogen) atoms. The molecule has 0 aliphatic heterocycles. The number of nitrogens with two attached hydrogens (primary N) is 1. The Labute approximate surface area is 98.8 Å². The molecule has 2 nitrogen and oxygen atoms in total. The maximum Gasteiger partial charge on any atom is 0.0798 e. The summed E-state index contributed by atoms with van der Waals surface area (Å²) < 4.78 is 5.51. The third-order valence-electron chi connectivity index (χ3n) is 3.54. The Morgan fingerprint density at radius 3 is 2.44 bits per heavy atom. The van der Waals surface area contributed by atoms with Crippen LogP contribution in [0.3, 0.4) is 0 Å². The first kappa shape index (κ1) is 13.2. The summed E-state index contributed by atoms with van der Waals surface area (Å²) in [6, 6.07) is 10.5. The maximum atomic E-state index is 6.20. The Hall–Kier alpha value is -0.860. The van der Waals surface area contributed by atoms with Gasteiger partial charge in [-0.05, 0) is 31.7 Å². The van der Waals surface area contributed by atoms with E-state index in [-0.39, 0.29) is 11.6 Å². The molecule has 0 heterocycles. The highest BCUT2D eigenvalue weighted by Crippen LogP contribution is 2.21. The second-order valence-electron chi connectivity index (χ2n) is 4.50. The van der Waals surface area contributed by atoms with Gasteiger partial charge in [0.1, 0.15) is 0 Å². The summed E-state index contributed by atoms with van der Waals surface area (Å²) in [6.45, 7) is 4.20. The molecular formula is C14H23NO. The number of methoxy groups -OCH3 is 1. The Balaban J connectivity index is 2.49. The van der Waals surface area contributed by atoms with Gasteiger partial charge in [-0.2, -0.15) is 0 Å². The molecule has 0 spiro atoms. The molecule has 0 aliphatic rings. The highest BCUT2D eigenvalue weighted by atomic mass is 16.5. The summed E-state index contributed by atoms with van der Waals surface area (Å²) >= 11 is 0. The molecule has 0 fully saturated rings. The standard InChI is InChI=1S/C14H23NO/c1-4-14(2,16-3)13(15)11-10-12-8-6-5-7-9-12/h5-9,13H,4,10-11,15H2,1-3H3. The molecule has 90 valence electrons. The summed E-state index contributed by atoms with van der Waals surface area (Å²) in [7, 11) is 1.74. The Bertz CT molecular complexity index is 293. The number of hydrogen-bond acceptors (Lipinski definition) is 2. The van der Waals surface area contributed by atoms with Gasteiger partial charge in [-0.3, -0.25) is 0 Å². The first-order valence-corrected chi connectivity index (χ1v) is 5.97. The molecule has 0 radical (unpaired) electrons. The number of rotatable bonds is 6. The molecule has 0 saturated heterocycles. The van der Waals surface area contributed by atoms with Crippen LogP contribution in [0.25, 0.3) is 0 Å². The lowest BCUT2D eigenvalue weighted by Crippen LogP contribution is -2.46. The molecule has 1 aromatic carbocycles. The van der Waals surface area contributed by atoms with Crippen LogP contribution in [0.5, 0.6) is 0 Å². The van der Waals surface area contributed by atoms with Crippen LogP contribution < -0.4 is 5.73 Å². The number of hydrogen-bond donors (Lipinski definition) is 1. The van der Waals surface area contributed by atoms with Crippen molar-refractivity contribution >= 4 is 0 Å². The van der Waals surface area contributed by atoms with Crippen molar-refractivity contribution in [3.63, 3.8) is 0 Å². The van der Waals surface area contributed by atoms with E-state index >= 15 is 0 Å². The van der Waals surface area contributed by atoms with E-state index in [0.29, 0.717) is 0 Å². The SMILES string of the molecule is CCC(C)(OC)C(N)CCc1ccccc1. The second kappa shape index (κ2) is 6.02. The maximum absolute atomic E-state index is 6.20. The van der Waals surface area contributed by atoms with E-state index in [9.17, 15) is 0 Å². The largest absolute Gasteiger partial charge is 0.377 e. The number of aryl methyl sites for hydroxylation is 1. The summed E-state index contributed by atoms with van der Waals surface area (Å²) in [5.41, 5.74) is 7.34. The lowest BCUT2D eigenvalue weighted by molar-refractivity contribution is -0.0204. The molecule has 0 aliphatic carbocycles. The Morgan fingerprint density at radius 1 is 1.31 bits per heavy atom. The molecule has 2 unspecified atom stereocenters. The third kappa shape index (κ3) is 3.32. The predicted octanol–water partition coefficient (Wildman–Crippen LogP) is 2.76. The molecule has 1 aromatic rings. The zero-order valence-corrected chi connectivity index (χ0v) is 10.6. The van der Waals surface area contributed by atoms with Crippen molar-refractivity contribution in [3.05, 3.63) is 35.9 Å². The van der Waals surface area contributed by atoms with Crippen LogP contribution in [-0.4, -0.2) is 18.8 Å². The van der Waals surface area contributed by atoms with Crippen molar-refractivity contribution in [2.24, 2.45) is 5.73 Å². The van der Waals surface area contributed by atoms with Crippen molar-refractivity contribution < 1.29 is 4.74 Å². The number of ether oxygens (including phenoxy) is 1. The fourth-order valence-corrected chi connectivity index (χ4v) is 1.83. The fourth-order valence-electron chi connectivity index (χ4n) is 1.83. The van der Waals surface area contributed by atoms with Gasteiger partial charge in [0.15, 0.2) is 0 Å². The third-order valence-corrected chi connectivity index (χ3v) is 3.54. The van der Waals surface area contributed by atoms with Crippen molar-refractivity contribution in [2.75, 3.05) is 7.11 Å². The van der Waals surface area contributed by atoms with Crippen LogP contribution in [0, 0.1) is 0 Å².